The van der Waals surface area contributed by atoms with Crippen LogP contribution in [0, 0.1) is 0 Å². The molecule has 0 aliphatic carbocycles. The first-order chi connectivity index (χ1) is 13.0. The number of anilines is 1. The Morgan fingerprint density at radius 2 is 1.48 bits per heavy atom. The summed E-state index contributed by atoms with van der Waals surface area (Å²) in [6.07, 6.45) is 0.160. The van der Waals surface area contributed by atoms with Gasteiger partial charge in [0.1, 0.15) is 0 Å². The summed E-state index contributed by atoms with van der Waals surface area (Å²) >= 11 is 0. The minimum Gasteiger partial charge on any atom is -0.352 e. The number of fused-ring (bicyclic) bond motifs is 1. The highest BCUT2D eigenvalue weighted by atomic mass is 16.2. The van der Waals surface area contributed by atoms with Gasteiger partial charge in [0.25, 0.3) is 5.91 Å². The van der Waals surface area contributed by atoms with E-state index in [9.17, 15) is 14.4 Å². The molecule has 0 heterocycles. The van der Waals surface area contributed by atoms with Gasteiger partial charge in [-0.05, 0) is 54.1 Å². The standard InChI is InChI=1S/C22H20N2O3/c1-15(25)16-8-10-20(11-9-16)24-21(26)12-13-23-22(27)19-7-6-17-4-2-3-5-18(17)14-19/h2-11,14H,12-13H2,1H3,(H,23,27)(H,24,26). The Morgan fingerprint density at radius 1 is 0.815 bits per heavy atom. The van der Waals surface area contributed by atoms with E-state index in [0.717, 1.165) is 10.8 Å². The van der Waals surface area contributed by atoms with Crippen molar-refractivity contribution in [3.05, 3.63) is 77.9 Å². The zero-order valence-electron chi connectivity index (χ0n) is 15.0. The highest BCUT2D eigenvalue weighted by Gasteiger charge is 2.08. The average molecular weight is 360 g/mol. The molecule has 0 saturated carbocycles. The van der Waals surface area contributed by atoms with Gasteiger partial charge in [-0.15, -0.1) is 0 Å². The lowest BCUT2D eigenvalue weighted by Gasteiger charge is -2.08. The van der Waals surface area contributed by atoms with Gasteiger partial charge >= 0.3 is 0 Å². The minimum absolute atomic E-state index is 0.0238. The summed E-state index contributed by atoms with van der Waals surface area (Å²) in [5.74, 6) is -0.437. The molecule has 5 nitrogen and oxygen atoms in total. The van der Waals surface area contributed by atoms with Crippen molar-refractivity contribution in [2.75, 3.05) is 11.9 Å². The number of Topliss-reactive ketones (excluding diaryl/α,β-unsaturated/α-hetero) is 1. The summed E-state index contributed by atoms with van der Waals surface area (Å²) in [7, 11) is 0. The average Bonchev–Trinajstić information content (AvgIpc) is 2.68. The van der Waals surface area contributed by atoms with Crippen LogP contribution < -0.4 is 10.6 Å². The second-order valence-corrected chi connectivity index (χ2v) is 6.25. The van der Waals surface area contributed by atoms with Gasteiger partial charge in [0.2, 0.25) is 5.91 Å². The molecular weight excluding hydrogens is 340 g/mol. The number of benzene rings is 3. The SMILES string of the molecule is CC(=O)c1ccc(NC(=O)CCNC(=O)c2ccc3ccccc3c2)cc1. The number of amides is 2. The predicted octanol–water partition coefficient (Wildman–Crippen LogP) is 3.80. The lowest BCUT2D eigenvalue weighted by Crippen LogP contribution is -2.27. The molecule has 0 aliphatic heterocycles. The second kappa shape index (κ2) is 8.27. The molecule has 0 unspecified atom stereocenters. The molecule has 0 atom stereocenters. The topological polar surface area (TPSA) is 75.3 Å². The summed E-state index contributed by atoms with van der Waals surface area (Å²) in [6.45, 7) is 1.73. The Bertz CT molecular complexity index is 994. The van der Waals surface area contributed by atoms with E-state index in [4.69, 9.17) is 0 Å². The quantitative estimate of drug-likeness (QED) is 0.657. The molecule has 27 heavy (non-hydrogen) atoms. The molecule has 3 aromatic carbocycles. The second-order valence-electron chi connectivity index (χ2n) is 6.25. The maximum Gasteiger partial charge on any atom is 0.251 e. The van der Waals surface area contributed by atoms with Gasteiger partial charge in [0.05, 0.1) is 0 Å². The molecule has 2 N–H and O–H groups in total. The van der Waals surface area contributed by atoms with Crippen LogP contribution in [0.15, 0.2) is 66.7 Å². The van der Waals surface area contributed by atoms with Gasteiger partial charge in [0, 0.05) is 29.8 Å². The van der Waals surface area contributed by atoms with Gasteiger partial charge in [-0.3, -0.25) is 14.4 Å². The van der Waals surface area contributed by atoms with Crippen LogP contribution in [0.2, 0.25) is 0 Å². The fourth-order valence-corrected chi connectivity index (χ4v) is 2.73. The van der Waals surface area contributed by atoms with Crippen molar-refractivity contribution in [2.45, 2.75) is 13.3 Å². The lowest BCUT2D eigenvalue weighted by atomic mass is 10.1. The molecule has 3 rings (SSSR count). The first-order valence-electron chi connectivity index (χ1n) is 8.71. The van der Waals surface area contributed by atoms with Crippen LogP contribution in [0.1, 0.15) is 34.1 Å². The van der Waals surface area contributed by atoms with Crippen LogP contribution in [0.4, 0.5) is 5.69 Å². The first-order valence-corrected chi connectivity index (χ1v) is 8.71. The number of carbonyl (C=O) groups excluding carboxylic acids is 3. The van der Waals surface area contributed by atoms with Gasteiger partial charge in [-0.1, -0.05) is 30.3 Å². The zero-order valence-corrected chi connectivity index (χ0v) is 15.0. The van der Waals surface area contributed by atoms with E-state index < -0.39 is 0 Å². The Labute approximate surface area is 157 Å². The Balaban J connectivity index is 1.50. The Morgan fingerprint density at radius 3 is 2.19 bits per heavy atom. The molecule has 5 heteroatoms. The lowest BCUT2D eigenvalue weighted by molar-refractivity contribution is -0.116. The van der Waals surface area contributed by atoms with Crippen molar-refractivity contribution in [1.29, 1.82) is 0 Å². The predicted molar refractivity (Wildman–Crippen MR) is 106 cm³/mol. The van der Waals surface area contributed by atoms with Crippen LogP contribution in [-0.2, 0) is 4.79 Å². The number of nitrogens with one attached hydrogen (secondary N) is 2. The molecule has 2 amide bonds. The summed E-state index contributed by atoms with van der Waals surface area (Å²) in [5.41, 5.74) is 1.77. The van der Waals surface area contributed by atoms with Crippen molar-refractivity contribution >= 4 is 34.1 Å². The fourth-order valence-electron chi connectivity index (χ4n) is 2.73. The number of hydrogen-bond acceptors (Lipinski definition) is 3. The maximum atomic E-state index is 12.3. The van der Waals surface area contributed by atoms with Gasteiger partial charge in [-0.25, -0.2) is 0 Å². The van der Waals surface area contributed by atoms with Gasteiger partial charge < -0.3 is 10.6 Å². The fraction of sp³-hybridized carbons (Fsp3) is 0.136. The largest absolute Gasteiger partial charge is 0.352 e. The van der Waals surface area contributed by atoms with Crippen molar-refractivity contribution in [3.8, 4) is 0 Å². The molecule has 0 aromatic heterocycles. The normalized spacial score (nSPS) is 10.4. The summed E-state index contributed by atoms with van der Waals surface area (Å²) < 4.78 is 0. The zero-order chi connectivity index (χ0) is 19.2. The summed E-state index contributed by atoms with van der Waals surface area (Å²) in [5, 5.41) is 7.57. The van der Waals surface area contributed by atoms with Crippen molar-refractivity contribution < 1.29 is 14.4 Å². The highest BCUT2D eigenvalue weighted by molar-refractivity contribution is 5.99. The minimum atomic E-state index is -0.209. The molecular formula is C22H20N2O3. The monoisotopic (exact) mass is 360 g/mol. The Hall–Kier alpha value is -3.47. The molecule has 136 valence electrons. The third-order valence-corrected chi connectivity index (χ3v) is 4.22. The Kier molecular flexibility index (Phi) is 5.61. The van der Waals surface area contributed by atoms with E-state index in [1.165, 1.54) is 6.92 Å². The van der Waals surface area contributed by atoms with Crippen LogP contribution >= 0.6 is 0 Å². The van der Waals surface area contributed by atoms with Crippen LogP contribution in [0.25, 0.3) is 10.8 Å². The van der Waals surface area contributed by atoms with Crippen molar-refractivity contribution in [3.63, 3.8) is 0 Å². The summed E-state index contributed by atoms with van der Waals surface area (Å²) in [4.78, 5) is 35.5. The smallest absolute Gasteiger partial charge is 0.251 e. The van der Waals surface area contributed by atoms with E-state index in [-0.39, 0.29) is 30.6 Å². The molecule has 0 bridgehead atoms. The third kappa shape index (κ3) is 4.79. The number of rotatable bonds is 6. The number of ketones is 1. The molecule has 0 spiro atoms. The van der Waals surface area contributed by atoms with E-state index >= 15 is 0 Å². The molecule has 0 radical (unpaired) electrons. The van der Waals surface area contributed by atoms with Crippen LogP contribution in [0.3, 0.4) is 0 Å². The van der Waals surface area contributed by atoms with E-state index in [2.05, 4.69) is 10.6 Å². The van der Waals surface area contributed by atoms with Crippen LogP contribution in [0.5, 0.6) is 0 Å². The number of hydrogen-bond donors (Lipinski definition) is 2. The first kappa shape index (κ1) is 18.3. The summed E-state index contributed by atoms with van der Waals surface area (Å²) in [6, 6.07) is 20.0. The van der Waals surface area contributed by atoms with Crippen molar-refractivity contribution in [2.24, 2.45) is 0 Å². The van der Waals surface area contributed by atoms with Crippen LogP contribution in [-0.4, -0.2) is 24.1 Å². The van der Waals surface area contributed by atoms with Crippen molar-refractivity contribution in [1.82, 2.24) is 5.32 Å². The highest BCUT2D eigenvalue weighted by Crippen LogP contribution is 2.15. The van der Waals surface area contributed by atoms with E-state index in [1.54, 1.807) is 30.3 Å². The van der Waals surface area contributed by atoms with E-state index in [1.807, 2.05) is 36.4 Å². The number of carbonyl (C=O) groups is 3. The van der Waals surface area contributed by atoms with E-state index in [0.29, 0.717) is 16.8 Å². The molecule has 0 saturated heterocycles. The maximum absolute atomic E-state index is 12.3. The van der Waals surface area contributed by atoms with Gasteiger partial charge in [0.15, 0.2) is 5.78 Å². The third-order valence-electron chi connectivity index (χ3n) is 4.22. The molecule has 3 aromatic rings. The molecule has 0 fully saturated rings. The van der Waals surface area contributed by atoms with Gasteiger partial charge in [-0.2, -0.15) is 0 Å². The molecule has 0 aliphatic rings.